The summed E-state index contributed by atoms with van der Waals surface area (Å²) >= 11 is 0. The quantitative estimate of drug-likeness (QED) is 0.564. The maximum atomic E-state index is 13.6. The molecule has 1 saturated heterocycles. The average Bonchev–Trinajstić information content (AvgIpc) is 3.48. The summed E-state index contributed by atoms with van der Waals surface area (Å²) in [5.41, 5.74) is 3.36. The Morgan fingerprint density at radius 1 is 1.03 bits per heavy atom. The minimum absolute atomic E-state index is 0.0127. The van der Waals surface area contributed by atoms with Crippen molar-refractivity contribution in [2.75, 3.05) is 22.9 Å². The number of hydrogen-bond acceptors (Lipinski definition) is 6. The van der Waals surface area contributed by atoms with Crippen molar-refractivity contribution in [3.05, 3.63) is 46.9 Å². The van der Waals surface area contributed by atoms with Gasteiger partial charge >= 0.3 is 0 Å². The first-order valence-electron chi connectivity index (χ1n) is 12.7. The van der Waals surface area contributed by atoms with E-state index < -0.39 is 0 Å². The van der Waals surface area contributed by atoms with Crippen LogP contribution in [0.1, 0.15) is 68.0 Å². The molecule has 0 aromatic carbocycles. The monoisotopic (exact) mass is 471 g/mol. The summed E-state index contributed by atoms with van der Waals surface area (Å²) in [5.74, 6) is 4.55. The SMILES string of the molecule is Cc1nc(N2CC(C)CC(C)C2)cc2c1CN(c1cccc(-c3nnc4n3C(C)(C)CC4)n1)C2=O. The van der Waals surface area contributed by atoms with E-state index in [0.29, 0.717) is 24.2 Å². The molecule has 3 aromatic heterocycles. The highest BCUT2D eigenvalue weighted by Crippen LogP contribution is 2.37. The summed E-state index contributed by atoms with van der Waals surface area (Å²) in [4.78, 5) is 27.5. The number of carbonyl (C=O) groups excluding carboxylic acids is 1. The third-order valence-corrected chi connectivity index (χ3v) is 7.84. The van der Waals surface area contributed by atoms with Gasteiger partial charge in [-0.2, -0.15) is 0 Å². The fourth-order valence-corrected chi connectivity index (χ4v) is 6.15. The number of hydrogen-bond donors (Lipinski definition) is 0. The lowest BCUT2D eigenvalue weighted by molar-refractivity contribution is 0.0996. The molecule has 0 aliphatic carbocycles. The molecule has 3 aromatic rings. The van der Waals surface area contributed by atoms with Gasteiger partial charge in [-0.1, -0.05) is 19.9 Å². The highest BCUT2D eigenvalue weighted by atomic mass is 16.2. The van der Waals surface area contributed by atoms with Crippen LogP contribution in [0.3, 0.4) is 0 Å². The number of fused-ring (bicyclic) bond motifs is 2. The van der Waals surface area contributed by atoms with Crippen molar-refractivity contribution in [3.8, 4) is 11.5 Å². The molecule has 3 aliphatic heterocycles. The van der Waals surface area contributed by atoms with Crippen LogP contribution < -0.4 is 9.80 Å². The Bertz CT molecular complexity index is 1320. The number of aryl methyl sites for hydroxylation is 2. The number of anilines is 2. The van der Waals surface area contributed by atoms with Gasteiger partial charge in [-0.15, -0.1) is 10.2 Å². The molecule has 2 unspecified atom stereocenters. The smallest absolute Gasteiger partial charge is 0.260 e. The second-order valence-electron chi connectivity index (χ2n) is 11.3. The van der Waals surface area contributed by atoms with Crippen LogP contribution in [0.2, 0.25) is 0 Å². The van der Waals surface area contributed by atoms with Gasteiger partial charge in [-0.05, 0) is 63.6 Å². The third-order valence-electron chi connectivity index (χ3n) is 7.84. The molecule has 2 atom stereocenters. The Morgan fingerprint density at radius 2 is 1.80 bits per heavy atom. The van der Waals surface area contributed by atoms with Gasteiger partial charge in [0.25, 0.3) is 5.91 Å². The molecule has 182 valence electrons. The molecule has 1 fully saturated rings. The number of rotatable bonds is 3. The summed E-state index contributed by atoms with van der Waals surface area (Å²) in [7, 11) is 0. The van der Waals surface area contributed by atoms with Gasteiger partial charge in [0.05, 0.1) is 12.1 Å². The fraction of sp³-hybridized carbons (Fsp3) is 0.519. The molecule has 0 bridgehead atoms. The van der Waals surface area contributed by atoms with E-state index in [4.69, 9.17) is 9.97 Å². The highest BCUT2D eigenvalue weighted by Gasteiger charge is 2.36. The van der Waals surface area contributed by atoms with E-state index in [1.54, 1.807) is 4.90 Å². The van der Waals surface area contributed by atoms with Gasteiger partial charge in [0.15, 0.2) is 5.82 Å². The number of amides is 1. The molecule has 1 amide bonds. The molecule has 8 nitrogen and oxygen atoms in total. The van der Waals surface area contributed by atoms with Crippen molar-refractivity contribution in [2.45, 2.75) is 66.0 Å². The second-order valence-corrected chi connectivity index (χ2v) is 11.3. The fourth-order valence-electron chi connectivity index (χ4n) is 6.15. The van der Waals surface area contributed by atoms with Gasteiger partial charge in [0, 0.05) is 36.3 Å². The Kier molecular flexibility index (Phi) is 4.99. The zero-order chi connectivity index (χ0) is 24.5. The van der Waals surface area contributed by atoms with Crippen LogP contribution >= 0.6 is 0 Å². The maximum Gasteiger partial charge on any atom is 0.260 e. The largest absolute Gasteiger partial charge is 0.356 e. The number of nitrogens with zero attached hydrogens (tertiary/aromatic N) is 7. The van der Waals surface area contributed by atoms with Crippen LogP contribution in [0, 0.1) is 18.8 Å². The number of piperidine rings is 1. The van der Waals surface area contributed by atoms with Gasteiger partial charge in [-0.25, -0.2) is 9.97 Å². The highest BCUT2D eigenvalue weighted by molar-refractivity contribution is 6.10. The number of aromatic nitrogens is 5. The van der Waals surface area contributed by atoms with Crippen LogP contribution in [0.25, 0.3) is 11.5 Å². The molecule has 6 heterocycles. The van der Waals surface area contributed by atoms with Crippen molar-refractivity contribution >= 4 is 17.5 Å². The Balaban J connectivity index is 1.32. The van der Waals surface area contributed by atoms with Crippen LogP contribution in [-0.2, 0) is 18.5 Å². The van der Waals surface area contributed by atoms with Gasteiger partial charge in [0.2, 0.25) is 0 Å². The Labute approximate surface area is 206 Å². The van der Waals surface area contributed by atoms with E-state index in [0.717, 1.165) is 65.9 Å². The van der Waals surface area contributed by atoms with Crippen molar-refractivity contribution in [1.82, 2.24) is 24.7 Å². The molecule has 35 heavy (non-hydrogen) atoms. The van der Waals surface area contributed by atoms with E-state index in [-0.39, 0.29) is 11.4 Å². The molecule has 0 spiro atoms. The molecule has 3 aliphatic rings. The van der Waals surface area contributed by atoms with Gasteiger partial charge < -0.3 is 9.47 Å². The van der Waals surface area contributed by atoms with E-state index in [9.17, 15) is 4.79 Å². The Hall–Kier alpha value is -3.29. The summed E-state index contributed by atoms with van der Waals surface area (Å²) in [6.45, 7) is 13.5. The lowest BCUT2D eigenvalue weighted by Gasteiger charge is -2.36. The third kappa shape index (κ3) is 3.61. The molecular weight excluding hydrogens is 438 g/mol. The minimum Gasteiger partial charge on any atom is -0.356 e. The molecule has 0 saturated carbocycles. The summed E-state index contributed by atoms with van der Waals surface area (Å²) in [6.07, 6.45) is 3.19. The summed E-state index contributed by atoms with van der Waals surface area (Å²) < 4.78 is 2.20. The van der Waals surface area contributed by atoms with Crippen LogP contribution in [0.15, 0.2) is 24.3 Å². The van der Waals surface area contributed by atoms with E-state index in [1.165, 1.54) is 6.42 Å². The normalized spacial score (nSPS) is 23.1. The van der Waals surface area contributed by atoms with Crippen molar-refractivity contribution < 1.29 is 4.79 Å². The van der Waals surface area contributed by atoms with Crippen LogP contribution in [0.4, 0.5) is 11.6 Å². The maximum absolute atomic E-state index is 13.6. The van der Waals surface area contributed by atoms with E-state index in [2.05, 4.69) is 47.4 Å². The molecule has 0 N–H and O–H groups in total. The minimum atomic E-state index is -0.0474. The van der Waals surface area contributed by atoms with Crippen LogP contribution in [0.5, 0.6) is 0 Å². The van der Waals surface area contributed by atoms with Crippen molar-refractivity contribution in [2.24, 2.45) is 11.8 Å². The first-order chi connectivity index (χ1) is 16.7. The van der Waals surface area contributed by atoms with Crippen LogP contribution in [-0.4, -0.2) is 43.7 Å². The van der Waals surface area contributed by atoms with Crippen molar-refractivity contribution in [1.29, 1.82) is 0 Å². The lowest BCUT2D eigenvalue weighted by Crippen LogP contribution is -2.39. The molecule has 6 rings (SSSR count). The predicted molar refractivity (Wildman–Crippen MR) is 136 cm³/mol. The zero-order valence-electron chi connectivity index (χ0n) is 21.2. The first kappa shape index (κ1) is 22.2. The van der Waals surface area contributed by atoms with E-state index >= 15 is 0 Å². The molecular formula is C27H33N7O. The van der Waals surface area contributed by atoms with Crippen molar-refractivity contribution in [3.63, 3.8) is 0 Å². The second kappa shape index (κ2) is 7.86. The van der Waals surface area contributed by atoms with E-state index in [1.807, 2.05) is 31.2 Å². The number of pyridine rings is 2. The summed E-state index contributed by atoms with van der Waals surface area (Å²) in [6, 6.07) is 7.79. The lowest BCUT2D eigenvalue weighted by atomic mass is 9.92. The zero-order valence-corrected chi connectivity index (χ0v) is 21.2. The average molecular weight is 472 g/mol. The predicted octanol–water partition coefficient (Wildman–Crippen LogP) is 4.37. The molecule has 0 radical (unpaired) electrons. The standard InChI is InChI=1S/C27H33N7O/c1-16-11-17(2)14-32(13-16)24-12-19-20(18(3)28-24)15-33(26(19)35)22-8-6-7-21(29-22)25-31-30-23-9-10-27(4,5)34(23)25/h6-8,12,16-17H,9-11,13-15H2,1-5H3. The topological polar surface area (TPSA) is 80.0 Å². The van der Waals surface area contributed by atoms with Gasteiger partial charge in [-0.3, -0.25) is 9.69 Å². The molecule has 8 heteroatoms. The Morgan fingerprint density at radius 3 is 2.57 bits per heavy atom. The summed E-state index contributed by atoms with van der Waals surface area (Å²) in [5, 5.41) is 8.85. The first-order valence-corrected chi connectivity index (χ1v) is 12.7. The number of carbonyl (C=O) groups is 1. The van der Waals surface area contributed by atoms with Gasteiger partial charge in [0.1, 0.15) is 23.2 Å².